The number of carboxylic acid groups (broad SMARTS) is 1. The molecule has 3 heterocycles. The van der Waals surface area contributed by atoms with Gasteiger partial charge in [0.1, 0.15) is 11.4 Å². The summed E-state index contributed by atoms with van der Waals surface area (Å²) in [6.45, 7) is 2.31. The number of hydrogen-bond acceptors (Lipinski definition) is 9. The number of pyridine rings is 1. The molecule has 196 valence electrons. The molecule has 0 unspecified atom stereocenters. The molecule has 0 saturated heterocycles. The predicted octanol–water partition coefficient (Wildman–Crippen LogP) is 3.89. The van der Waals surface area contributed by atoms with Gasteiger partial charge in [0, 0.05) is 13.0 Å². The third kappa shape index (κ3) is 5.35. The molecule has 11 heteroatoms. The second kappa shape index (κ2) is 10.7. The molecule has 2 fully saturated rings. The van der Waals surface area contributed by atoms with Gasteiger partial charge in [-0.3, -0.25) is 4.79 Å². The summed E-state index contributed by atoms with van der Waals surface area (Å²) >= 11 is 0. The number of nitrogens with zero attached hydrogens (tertiary/aromatic N) is 6. The van der Waals surface area contributed by atoms with Crippen LogP contribution in [0.3, 0.4) is 0 Å². The summed E-state index contributed by atoms with van der Waals surface area (Å²) in [6.07, 6.45) is 7.98. The lowest BCUT2D eigenvalue weighted by Gasteiger charge is -2.27. The van der Waals surface area contributed by atoms with Crippen LogP contribution in [0.5, 0.6) is 11.5 Å². The van der Waals surface area contributed by atoms with Crippen molar-refractivity contribution in [2.75, 3.05) is 12.4 Å². The molecule has 37 heavy (non-hydrogen) atoms. The Morgan fingerprint density at radius 1 is 1.16 bits per heavy atom. The molecule has 2 aliphatic carbocycles. The summed E-state index contributed by atoms with van der Waals surface area (Å²) in [6, 6.07) is 3.75. The summed E-state index contributed by atoms with van der Waals surface area (Å²) in [7, 11) is 3.49. The first-order valence-corrected chi connectivity index (χ1v) is 12.8. The zero-order valence-electron chi connectivity index (χ0n) is 21.5. The molecule has 5 rings (SSSR count). The first-order chi connectivity index (χ1) is 17.9. The standard InChI is InChI=1S/C26H33N7O4/c1-15-21(37-18-9-5-8-17(12-18)25(34)35)11-10-19(29-15)24-20(33(2)32-31-24)13-27-26-28-14-22(36-3)23(30-26)16-6-4-7-16/h10-11,14,16-18H,4-9,12-13H2,1-3H3,(H,34,35)(H,27,28,30)/t17-,18-/m0/s1. The molecule has 0 radical (unpaired) electrons. The Morgan fingerprint density at radius 3 is 2.68 bits per heavy atom. The highest BCUT2D eigenvalue weighted by Gasteiger charge is 2.29. The lowest BCUT2D eigenvalue weighted by atomic mass is 9.82. The van der Waals surface area contributed by atoms with Crippen LogP contribution in [0.4, 0.5) is 5.95 Å². The number of ether oxygens (including phenoxy) is 2. The summed E-state index contributed by atoms with van der Waals surface area (Å²) in [5.74, 6) is 1.26. The van der Waals surface area contributed by atoms with Crippen LogP contribution in [0.1, 0.15) is 67.9 Å². The lowest BCUT2D eigenvalue weighted by molar-refractivity contribution is -0.143. The Labute approximate surface area is 215 Å². The number of aromatic nitrogens is 6. The van der Waals surface area contributed by atoms with E-state index in [1.807, 2.05) is 26.1 Å². The number of methoxy groups -OCH3 is 1. The maximum absolute atomic E-state index is 11.4. The zero-order valence-corrected chi connectivity index (χ0v) is 21.5. The minimum absolute atomic E-state index is 0.119. The molecule has 3 aromatic heterocycles. The fourth-order valence-electron chi connectivity index (χ4n) is 5.00. The number of carbonyl (C=O) groups is 1. The molecular formula is C26H33N7O4. The topological polar surface area (TPSA) is 137 Å². The quantitative estimate of drug-likeness (QED) is 0.439. The fourth-order valence-corrected chi connectivity index (χ4v) is 5.00. The van der Waals surface area contributed by atoms with E-state index in [0.717, 1.165) is 48.5 Å². The van der Waals surface area contributed by atoms with Gasteiger partial charge >= 0.3 is 5.97 Å². The summed E-state index contributed by atoms with van der Waals surface area (Å²) in [4.78, 5) is 25.3. The molecule has 2 aliphatic rings. The molecule has 2 saturated carbocycles. The third-order valence-electron chi connectivity index (χ3n) is 7.40. The predicted molar refractivity (Wildman–Crippen MR) is 135 cm³/mol. The van der Waals surface area contributed by atoms with Crippen LogP contribution in [0.15, 0.2) is 18.3 Å². The SMILES string of the molecule is COc1cnc(NCc2c(-c3ccc(O[C@H]4CCC[C@H](C(=O)O)C4)c(C)n3)nnn2C)nc1C1CCC1. The van der Waals surface area contributed by atoms with Crippen molar-refractivity contribution in [3.63, 3.8) is 0 Å². The minimum Gasteiger partial charge on any atom is -0.493 e. The second-order valence-corrected chi connectivity index (χ2v) is 9.86. The van der Waals surface area contributed by atoms with E-state index in [2.05, 4.69) is 20.6 Å². The van der Waals surface area contributed by atoms with Gasteiger partial charge in [0.15, 0.2) is 5.75 Å². The molecule has 0 spiro atoms. The molecule has 3 aromatic rings. The van der Waals surface area contributed by atoms with E-state index in [4.69, 9.17) is 19.4 Å². The van der Waals surface area contributed by atoms with Crippen LogP contribution in [-0.4, -0.2) is 54.2 Å². The normalized spacial score (nSPS) is 19.8. The van der Waals surface area contributed by atoms with Crippen molar-refractivity contribution >= 4 is 11.9 Å². The van der Waals surface area contributed by atoms with Gasteiger partial charge < -0.3 is 19.9 Å². The van der Waals surface area contributed by atoms with Crippen LogP contribution in [0.2, 0.25) is 0 Å². The number of rotatable bonds is 9. The van der Waals surface area contributed by atoms with E-state index in [1.165, 1.54) is 6.42 Å². The van der Waals surface area contributed by atoms with E-state index in [-0.39, 0.29) is 12.0 Å². The Kier molecular flexibility index (Phi) is 7.20. The summed E-state index contributed by atoms with van der Waals surface area (Å²) in [5, 5.41) is 21.2. The van der Waals surface area contributed by atoms with Gasteiger partial charge in [-0.05, 0) is 57.6 Å². The van der Waals surface area contributed by atoms with Crippen molar-refractivity contribution < 1.29 is 19.4 Å². The van der Waals surface area contributed by atoms with Crippen molar-refractivity contribution in [1.29, 1.82) is 0 Å². The Balaban J connectivity index is 1.30. The second-order valence-electron chi connectivity index (χ2n) is 9.86. The van der Waals surface area contributed by atoms with Crippen molar-refractivity contribution in [2.45, 2.75) is 70.4 Å². The molecule has 2 N–H and O–H groups in total. The average molecular weight is 508 g/mol. The first-order valence-electron chi connectivity index (χ1n) is 12.8. The van der Waals surface area contributed by atoms with Crippen molar-refractivity contribution in [3.8, 4) is 22.9 Å². The van der Waals surface area contributed by atoms with Gasteiger partial charge in [-0.15, -0.1) is 5.10 Å². The lowest BCUT2D eigenvalue weighted by Crippen LogP contribution is -2.29. The van der Waals surface area contributed by atoms with E-state index in [1.54, 1.807) is 18.0 Å². The molecular weight excluding hydrogens is 474 g/mol. The van der Waals surface area contributed by atoms with Crippen LogP contribution >= 0.6 is 0 Å². The molecule has 0 bridgehead atoms. The van der Waals surface area contributed by atoms with E-state index >= 15 is 0 Å². The first kappa shape index (κ1) is 24.9. The molecule has 0 aromatic carbocycles. The van der Waals surface area contributed by atoms with Gasteiger partial charge in [-0.2, -0.15) is 0 Å². The minimum atomic E-state index is -0.749. The monoisotopic (exact) mass is 507 g/mol. The smallest absolute Gasteiger partial charge is 0.306 e. The van der Waals surface area contributed by atoms with Gasteiger partial charge in [-0.1, -0.05) is 11.6 Å². The third-order valence-corrected chi connectivity index (χ3v) is 7.40. The number of carboxylic acids is 1. The van der Waals surface area contributed by atoms with Crippen molar-refractivity contribution in [1.82, 2.24) is 29.9 Å². The highest BCUT2D eigenvalue weighted by atomic mass is 16.5. The molecule has 11 nitrogen and oxygen atoms in total. The number of hydrogen-bond donors (Lipinski definition) is 2. The maximum Gasteiger partial charge on any atom is 0.306 e. The van der Waals surface area contributed by atoms with Gasteiger partial charge in [0.05, 0.1) is 54.6 Å². The Bertz CT molecular complexity index is 1270. The maximum atomic E-state index is 11.4. The van der Waals surface area contributed by atoms with Crippen molar-refractivity contribution in [3.05, 3.63) is 35.4 Å². The highest BCUT2D eigenvalue weighted by molar-refractivity contribution is 5.70. The Morgan fingerprint density at radius 2 is 1.97 bits per heavy atom. The summed E-state index contributed by atoms with van der Waals surface area (Å²) < 4.78 is 13.3. The van der Waals surface area contributed by atoms with Gasteiger partial charge in [0.25, 0.3) is 0 Å². The summed E-state index contributed by atoms with van der Waals surface area (Å²) in [5.41, 5.74) is 3.88. The zero-order chi connectivity index (χ0) is 25.9. The van der Waals surface area contributed by atoms with Gasteiger partial charge in [0.2, 0.25) is 5.95 Å². The van der Waals surface area contributed by atoms with E-state index < -0.39 is 5.97 Å². The number of aryl methyl sites for hydroxylation is 2. The number of aliphatic carboxylic acids is 1. The average Bonchev–Trinajstić information content (AvgIpc) is 3.23. The fraction of sp³-hybridized carbons (Fsp3) is 0.538. The Hall–Kier alpha value is -3.76. The largest absolute Gasteiger partial charge is 0.493 e. The van der Waals surface area contributed by atoms with Gasteiger partial charge in [-0.25, -0.2) is 19.6 Å². The molecule has 0 amide bonds. The van der Waals surface area contributed by atoms with E-state index in [9.17, 15) is 9.90 Å². The van der Waals surface area contributed by atoms with Crippen LogP contribution in [0.25, 0.3) is 11.4 Å². The molecule has 2 atom stereocenters. The number of nitrogens with one attached hydrogen (secondary N) is 1. The van der Waals surface area contributed by atoms with Crippen LogP contribution in [-0.2, 0) is 18.4 Å². The highest BCUT2D eigenvalue weighted by Crippen LogP contribution is 2.39. The number of anilines is 1. The van der Waals surface area contributed by atoms with Crippen molar-refractivity contribution in [2.24, 2.45) is 13.0 Å². The van der Waals surface area contributed by atoms with Crippen LogP contribution < -0.4 is 14.8 Å². The van der Waals surface area contributed by atoms with E-state index in [0.29, 0.717) is 48.4 Å². The molecule has 0 aliphatic heterocycles. The van der Waals surface area contributed by atoms with Crippen LogP contribution in [0, 0.1) is 12.8 Å².